The summed E-state index contributed by atoms with van der Waals surface area (Å²) in [5.74, 6) is -0.776. The van der Waals surface area contributed by atoms with E-state index in [1.165, 1.54) is 6.08 Å². The summed E-state index contributed by atoms with van der Waals surface area (Å²) in [7, 11) is 0. The molecular formula is C23H13Cl2NO4. The maximum absolute atomic E-state index is 12.4. The lowest BCUT2D eigenvalue weighted by Gasteiger charge is -2.07. The molecule has 0 saturated heterocycles. The molecule has 0 aromatic heterocycles. The highest BCUT2D eigenvalue weighted by Crippen LogP contribution is 2.27. The molecule has 0 bridgehead atoms. The number of ether oxygens (including phenoxy) is 2. The number of hydrogen-bond donors (Lipinski definition) is 0. The van der Waals surface area contributed by atoms with Gasteiger partial charge in [0, 0.05) is 10.6 Å². The summed E-state index contributed by atoms with van der Waals surface area (Å²) < 4.78 is 10.8. The maximum Gasteiger partial charge on any atom is 0.363 e. The number of carbonyl (C=O) groups excluding carboxylic acids is 2. The minimum Gasteiger partial charge on any atom is -0.422 e. The molecule has 0 atom stereocenters. The molecule has 0 unspecified atom stereocenters. The van der Waals surface area contributed by atoms with Crippen molar-refractivity contribution < 1.29 is 19.1 Å². The highest BCUT2D eigenvalue weighted by atomic mass is 35.5. The third kappa shape index (κ3) is 4.27. The van der Waals surface area contributed by atoms with Crippen LogP contribution < -0.4 is 4.74 Å². The number of nitrogens with zero attached hydrogens (tertiary/aromatic N) is 1. The van der Waals surface area contributed by atoms with Crippen molar-refractivity contribution in [3.05, 3.63) is 105 Å². The van der Waals surface area contributed by atoms with Gasteiger partial charge in [-0.05, 0) is 48.5 Å². The second-order valence-electron chi connectivity index (χ2n) is 6.25. The topological polar surface area (TPSA) is 65.0 Å². The van der Waals surface area contributed by atoms with E-state index in [9.17, 15) is 9.59 Å². The van der Waals surface area contributed by atoms with Crippen molar-refractivity contribution in [3.63, 3.8) is 0 Å². The fourth-order valence-corrected chi connectivity index (χ4v) is 3.09. The number of carbonyl (C=O) groups is 2. The fourth-order valence-electron chi connectivity index (χ4n) is 2.74. The summed E-state index contributed by atoms with van der Waals surface area (Å²) in [5, 5.41) is 0.936. The van der Waals surface area contributed by atoms with Gasteiger partial charge >= 0.3 is 11.9 Å². The van der Waals surface area contributed by atoms with Crippen molar-refractivity contribution in [3.8, 4) is 5.75 Å². The number of esters is 2. The van der Waals surface area contributed by atoms with E-state index in [2.05, 4.69) is 4.99 Å². The lowest BCUT2D eigenvalue weighted by Crippen LogP contribution is -2.09. The van der Waals surface area contributed by atoms with Gasteiger partial charge in [-0.3, -0.25) is 0 Å². The Labute approximate surface area is 182 Å². The molecule has 1 aliphatic heterocycles. The molecule has 4 rings (SSSR count). The molecule has 7 heteroatoms. The van der Waals surface area contributed by atoms with Crippen LogP contribution in [0.1, 0.15) is 21.5 Å². The standard InChI is InChI=1S/C23H13Cl2NO4/c24-16-11-9-14(10-12-16)22(27)29-20-8-4-1-5-15(20)13-19-23(28)30-21(26-19)17-6-2-3-7-18(17)25/h1-13H/b19-13-. The molecule has 0 N–H and O–H groups in total. The smallest absolute Gasteiger partial charge is 0.363 e. The largest absolute Gasteiger partial charge is 0.422 e. The maximum atomic E-state index is 12.4. The average Bonchev–Trinajstić information content (AvgIpc) is 3.10. The zero-order valence-electron chi connectivity index (χ0n) is 15.3. The van der Waals surface area contributed by atoms with Crippen LogP contribution in [0.15, 0.2) is 83.5 Å². The number of benzene rings is 3. The number of halogens is 2. The second kappa shape index (κ2) is 8.53. The van der Waals surface area contributed by atoms with Gasteiger partial charge in [-0.1, -0.05) is 53.5 Å². The molecule has 0 aliphatic carbocycles. The van der Waals surface area contributed by atoms with Gasteiger partial charge in [0.05, 0.1) is 16.1 Å². The molecule has 0 saturated carbocycles. The van der Waals surface area contributed by atoms with E-state index in [1.807, 2.05) is 0 Å². The summed E-state index contributed by atoms with van der Waals surface area (Å²) in [5.41, 5.74) is 1.43. The van der Waals surface area contributed by atoms with Crippen LogP contribution >= 0.6 is 23.2 Å². The molecule has 3 aromatic rings. The normalized spacial score (nSPS) is 14.4. The van der Waals surface area contributed by atoms with Crippen LogP contribution in [0, 0.1) is 0 Å². The Morgan fingerprint density at radius 2 is 1.63 bits per heavy atom. The Morgan fingerprint density at radius 1 is 0.933 bits per heavy atom. The third-order valence-electron chi connectivity index (χ3n) is 4.22. The summed E-state index contributed by atoms with van der Waals surface area (Å²) in [6, 6.07) is 20.1. The average molecular weight is 438 g/mol. The van der Waals surface area contributed by atoms with Crippen LogP contribution in [-0.4, -0.2) is 17.8 Å². The minimum absolute atomic E-state index is 0.0694. The number of aliphatic imine (C=N–C) groups is 1. The molecule has 30 heavy (non-hydrogen) atoms. The predicted molar refractivity (Wildman–Crippen MR) is 115 cm³/mol. The number of rotatable bonds is 4. The van der Waals surface area contributed by atoms with Gasteiger partial charge in [0.1, 0.15) is 5.75 Å². The molecule has 3 aromatic carbocycles. The predicted octanol–water partition coefficient (Wildman–Crippen LogP) is 5.56. The van der Waals surface area contributed by atoms with Crippen molar-refractivity contribution in [2.24, 2.45) is 4.99 Å². The van der Waals surface area contributed by atoms with Crippen LogP contribution in [0.5, 0.6) is 5.75 Å². The van der Waals surface area contributed by atoms with E-state index in [1.54, 1.807) is 72.8 Å². The van der Waals surface area contributed by atoms with Crippen LogP contribution in [0.25, 0.3) is 6.08 Å². The zero-order valence-corrected chi connectivity index (χ0v) is 16.9. The van der Waals surface area contributed by atoms with Gasteiger partial charge in [0.15, 0.2) is 5.70 Å². The second-order valence-corrected chi connectivity index (χ2v) is 7.09. The molecule has 0 spiro atoms. The Morgan fingerprint density at radius 3 is 2.40 bits per heavy atom. The molecule has 148 valence electrons. The van der Waals surface area contributed by atoms with Gasteiger partial charge in [0.25, 0.3) is 0 Å². The lowest BCUT2D eigenvalue weighted by atomic mass is 10.1. The molecule has 5 nitrogen and oxygen atoms in total. The van der Waals surface area contributed by atoms with E-state index < -0.39 is 11.9 Å². The summed E-state index contributed by atoms with van der Waals surface area (Å²) in [6.07, 6.45) is 1.50. The Hall–Kier alpha value is -3.41. The van der Waals surface area contributed by atoms with Crippen molar-refractivity contribution in [1.29, 1.82) is 0 Å². The first-order chi connectivity index (χ1) is 14.5. The highest BCUT2D eigenvalue weighted by molar-refractivity contribution is 6.34. The summed E-state index contributed by atoms with van der Waals surface area (Å²) in [4.78, 5) is 29.0. The van der Waals surface area contributed by atoms with Crippen LogP contribution in [0.2, 0.25) is 10.0 Å². The van der Waals surface area contributed by atoms with E-state index in [0.29, 0.717) is 26.7 Å². The molecule has 1 heterocycles. The van der Waals surface area contributed by atoms with Gasteiger partial charge < -0.3 is 9.47 Å². The third-order valence-corrected chi connectivity index (χ3v) is 4.80. The Bertz CT molecular complexity index is 1200. The van der Waals surface area contributed by atoms with Gasteiger partial charge in [-0.2, -0.15) is 0 Å². The lowest BCUT2D eigenvalue weighted by molar-refractivity contribution is -0.129. The first-order valence-electron chi connectivity index (χ1n) is 8.85. The van der Waals surface area contributed by atoms with Crippen molar-refractivity contribution in [2.45, 2.75) is 0 Å². The number of para-hydroxylation sites is 1. The van der Waals surface area contributed by atoms with Crippen molar-refractivity contribution in [2.75, 3.05) is 0 Å². The van der Waals surface area contributed by atoms with Crippen molar-refractivity contribution in [1.82, 2.24) is 0 Å². The fraction of sp³-hybridized carbons (Fsp3) is 0. The van der Waals surface area contributed by atoms with Gasteiger partial charge in [0.2, 0.25) is 5.90 Å². The van der Waals surface area contributed by atoms with Crippen LogP contribution in [0.3, 0.4) is 0 Å². The van der Waals surface area contributed by atoms with Gasteiger partial charge in [-0.25, -0.2) is 14.6 Å². The number of cyclic esters (lactones) is 1. The number of hydrogen-bond acceptors (Lipinski definition) is 5. The molecule has 0 amide bonds. The van der Waals surface area contributed by atoms with Gasteiger partial charge in [-0.15, -0.1) is 0 Å². The molecule has 0 radical (unpaired) electrons. The first kappa shape index (κ1) is 19.9. The SMILES string of the molecule is O=C1OC(c2ccccc2Cl)=N/C1=C\c1ccccc1OC(=O)c1ccc(Cl)cc1. The highest BCUT2D eigenvalue weighted by Gasteiger charge is 2.26. The molecule has 0 fully saturated rings. The van der Waals surface area contributed by atoms with Crippen LogP contribution in [0.4, 0.5) is 0 Å². The van der Waals surface area contributed by atoms with E-state index >= 15 is 0 Å². The van der Waals surface area contributed by atoms with Crippen molar-refractivity contribution >= 4 is 47.1 Å². The molecule has 1 aliphatic rings. The van der Waals surface area contributed by atoms with Crippen LogP contribution in [-0.2, 0) is 9.53 Å². The summed E-state index contributed by atoms with van der Waals surface area (Å²) >= 11 is 12.0. The summed E-state index contributed by atoms with van der Waals surface area (Å²) in [6.45, 7) is 0. The monoisotopic (exact) mass is 437 g/mol. The molecular weight excluding hydrogens is 425 g/mol. The van der Waals surface area contributed by atoms with E-state index in [0.717, 1.165) is 0 Å². The van der Waals surface area contributed by atoms with E-state index in [4.69, 9.17) is 32.7 Å². The van der Waals surface area contributed by atoms with E-state index in [-0.39, 0.29) is 17.3 Å². The Balaban J connectivity index is 1.63. The Kier molecular flexibility index (Phi) is 5.65. The zero-order chi connectivity index (χ0) is 21.1. The quantitative estimate of drug-likeness (QED) is 0.304. The first-order valence-corrected chi connectivity index (χ1v) is 9.61. The minimum atomic E-state index is -0.622.